The van der Waals surface area contributed by atoms with Crippen LogP contribution in [0.4, 0.5) is 0 Å². The number of carbonyl (C=O) groups excluding carboxylic acids is 2. The Hall–Kier alpha value is -1.66. The van der Waals surface area contributed by atoms with Crippen LogP contribution in [0.15, 0.2) is 24.3 Å². The van der Waals surface area contributed by atoms with E-state index in [0.717, 1.165) is 0 Å². The quantitative estimate of drug-likeness (QED) is 0.415. The van der Waals surface area contributed by atoms with Gasteiger partial charge in [-0.15, -0.1) is 0 Å². The Bertz CT molecular complexity index is 330. The smallest absolute Gasteiger partial charge is 0.393 e. The summed E-state index contributed by atoms with van der Waals surface area (Å²) in [6.07, 6.45) is 0. The van der Waals surface area contributed by atoms with Crippen molar-refractivity contribution >= 4 is 11.9 Å². The molecule has 0 unspecified atom stereocenters. The first-order valence-electron chi connectivity index (χ1n) is 5.30. The van der Waals surface area contributed by atoms with E-state index in [1.54, 1.807) is 6.92 Å². The summed E-state index contributed by atoms with van der Waals surface area (Å²) in [5, 5.41) is 9.23. The zero-order valence-corrected chi connectivity index (χ0v) is 10.8. The van der Waals surface area contributed by atoms with Crippen molar-refractivity contribution in [3.05, 3.63) is 24.3 Å². The van der Waals surface area contributed by atoms with Crippen LogP contribution in [0.5, 0.6) is 0 Å². The van der Waals surface area contributed by atoms with E-state index in [-0.39, 0.29) is 17.8 Å². The molecule has 0 saturated heterocycles. The van der Waals surface area contributed by atoms with Crippen molar-refractivity contribution in [2.24, 2.45) is 0 Å². The van der Waals surface area contributed by atoms with Crippen molar-refractivity contribution in [1.29, 1.82) is 0 Å². The van der Waals surface area contributed by atoms with Gasteiger partial charge < -0.3 is 19.3 Å². The SMILES string of the molecule is C=C(C)C(=O)OC(CO)(OCC)OC(=O)C(=C)C. The van der Waals surface area contributed by atoms with Gasteiger partial charge in [0.05, 0.1) is 6.61 Å². The van der Waals surface area contributed by atoms with Gasteiger partial charge in [-0.25, -0.2) is 9.59 Å². The third-order valence-corrected chi connectivity index (χ3v) is 1.75. The lowest BCUT2D eigenvalue weighted by atomic mass is 10.3. The first-order valence-corrected chi connectivity index (χ1v) is 5.30. The summed E-state index contributed by atoms with van der Waals surface area (Å²) in [6, 6.07) is 0. The summed E-state index contributed by atoms with van der Waals surface area (Å²) < 4.78 is 14.6. The highest BCUT2D eigenvalue weighted by molar-refractivity contribution is 5.88. The first-order chi connectivity index (χ1) is 8.28. The molecule has 0 aliphatic rings. The molecule has 102 valence electrons. The summed E-state index contributed by atoms with van der Waals surface area (Å²) >= 11 is 0. The molecule has 0 heterocycles. The molecule has 6 nitrogen and oxygen atoms in total. The molecule has 6 heteroatoms. The van der Waals surface area contributed by atoms with Crippen LogP contribution >= 0.6 is 0 Å². The number of hydrogen-bond donors (Lipinski definition) is 1. The molecule has 0 saturated carbocycles. The van der Waals surface area contributed by atoms with Gasteiger partial charge in [0.25, 0.3) is 0 Å². The Morgan fingerprint density at radius 3 is 1.72 bits per heavy atom. The number of ether oxygens (including phenoxy) is 3. The number of hydrogen-bond acceptors (Lipinski definition) is 6. The highest BCUT2D eigenvalue weighted by Gasteiger charge is 2.40. The van der Waals surface area contributed by atoms with E-state index in [1.807, 2.05) is 0 Å². The van der Waals surface area contributed by atoms with Crippen LogP contribution in [-0.4, -0.2) is 36.2 Å². The van der Waals surface area contributed by atoms with E-state index in [2.05, 4.69) is 13.2 Å². The maximum atomic E-state index is 11.4. The molecular formula is C12H18O6. The van der Waals surface area contributed by atoms with Crippen LogP contribution in [0.25, 0.3) is 0 Å². The summed E-state index contributed by atoms with van der Waals surface area (Å²) in [7, 11) is 0. The Morgan fingerprint density at radius 1 is 1.11 bits per heavy atom. The number of carbonyl (C=O) groups is 2. The van der Waals surface area contributed by atoms with Gasteiger partial charge in [0.1, 0.15) is 0 Å². The van der Waals surface area contributed by atoms with Gasteiger partial charge in [-0.2, -0.15) is 0 Å². The first kappa shape index (κ1) is 16.3. The molecule has 0 spiro atoms. The Morgan fingerprint density at radius 2 is 1.50 bits per heavy atom. The minimum absolute atomic E-state index is 0.0630. The Kier molecular flexibility index (Phi) is 6.29. The topological polar surface area (TPSA) is 82.1 Å². The van der Waals surface area contributed by atoms with Gasteiger partial charge >= 0.3 is 17.9 Å². The van der Waals surface area contributed by atoms with E-state index in [9.17, 15) is 14.7 Å². The lowest BCUT2D eigenvalue weighted by molar-refractivity contribution is -0.353. The largest absolute Gasteiger partial charge is 0.401 e. The predicted octanol–water partition coefficient (Wildman–Crippen LogP) is 0.908. The molecule has 0 bridgehead atoms. The van der Waals surface area contributed by atoms with Crippen molar-refractivity contribution in [3.63, 3.8) is 0 Å². The number of rotatable bonds is 7. The number of esters is 2. The molecular weight excluding hydrogens is 240 g/mol. The maximum absolute atomic E-state index is 11.4. The fourth-order valence-corrected chi connectivity index (χ4v) is 0.867. The van der Waals surface area contributed by atoms with Gasteiger partial charge in [0.2, 0.25) is 0 Å². The molecule has 0 aliphatic carbocycles. The van der Waals surface area contributed by atoms with Crippen molar-refractivity contribution < 1.29 is 28.9 Å². The van der Waals surface area contributed by atoms with Crippen molar-refractivity contribution in [1.82, 2.24) is 0 Å². The standard InChI is InChI=1S/C12H18O6/c1-6-16-12(7-13,17-10(14)8(2)3)18-11(15)9(4)5/h13H,2,4,6-7H2,1,3,5H3. The normalized spacial score (nSPS) is 10.7. The highest BCUT2D eigenvalue weighted by atomic mass is 16.9. The molecule has 18 heavy (non-hydrogen) atoms. The lowest BCUT2D eigenvalue weighted by Gasteiger charge is -2.29. The van der Waals surface area contributed by atoms with E-state index in [1.165, 1.54) is 13.8 Å². The van der Waals surface area contributed by atoms with Crippen LogP contribution in [0.3, 0.4) is 0 Å². The average Bonchev–Trinajstić information content (AvgIpc) is 2.28. The zero-order chi connectivity index (χ0) is 14.3. The van der Waals surface area contributed by atoms with E-state index in [4.69, 9.17) is 14.2 Å². The van der Waals surface area contributed by atoms with E-state index < -0.39 is 24.5 Å². The minimum Gasteiger partial charge on any atom is -0.393 e. The third-order valence-electron chi connectivity index (χ3n) is 1.75. The van der Waals surface area contributed by atoms with Gasteiger partial charge in [0, 0.05) is 11.1 Å². The highest BCUT2D eigenvalue weighted by Crippen LogP contribution is 2.18. The Balaban J connectivity index is 5.02. The zero-order valence-electron chi connectivity index (χ0n) is 10.8. The van der Waals surface area contributed by atoms with Crippen LogP contribution < -0.4 is 0 Å². The monoisotopic (exact) mass is 258 g/mol. The second-order valence-electron chi connectivity index (χ2n) is 3.61. The fourth-order valence-electron chi connectivity index (χ4n) is 0.867. The van der Waals surface area contributed by atoms with Crippen LogP contribution in [0.1, 0.15) is 20.8 Å². The third kappa shape index (κ3) is 4.68. The van der Waals surface area contributed by atoms with Gasteiger partial charge in [-0.3, -0.25) is 0 Å². The fraction of sp³-hybridized carbons (Fsp3) is 0.500. The van der Waals surface area contributed by atoms with Crippen LogP contribution in [0, 0.1) is 0 Å². The molecule has 0 aromatic heterocycles. The van der Waals surface area contributed by atoms with Crippen LogP contribution in [0.2, 0.25) is 0 Å². The minimum atomic E-state index is -2.17. The predicted molar refractivity (Wildman–Crippen MR) is 63.3 cm³/mol. The summed E-state index contributed by atoms with van der Waals surface area (Å²) in [5.41, 5.74) is 0.165. The molecule has 0 fully saturated rings. The molecule has 0 atom stereocenters. The maximum Gasteiger partial charge on any atom is 0.401 e. The second-order valence-corrected chi connectivity index (χ2v) is 3.61. The molecule has 0 rings (SSSR count). The molecule has 1 N–H and O–H groups in total. The molecule has 0 radical (unpaired) electrons. The summed E-state index contributed by atoms with van der Waals surface area (Å²) in [5.74, 6) is -3.85. The van der Waals surface area contributed by atoms with Crippen molar-refractivity contribution in [2.45, 2.75) is 26.7 Å². The summed E-state index contributed by atoms with van der Waals surface area (Å²) in [4.78, 5) is 22.8. The second kappa shape index (κ2) is 6.93. The average molecular weight is 258 g/mol. The van der Waals surface area contributed by atoms with Crippen molar-refractivity contribution in [2.75, 3.05) is 13.2 Å². The number of aliphatic hydroxyl groups is 1. The molecule has 0 amide bonds. The van der Waals surface area contributed by atoms with E-state index >= 15 is 0 Å². The summed E-state index contributed by atoms with van der Waals surface area (Å²) in [6.45, 7) is 10.4. The van der Waals surface area contributed by atoms with Crippen LogP contribution in [-0.2, 0) is 23.8 Å². The van der Waals surface area contributed by atoms with Crippen molar-refractivity contribution in [3.8, 4) is 0 Å². The molecule has 0 aromatic carbocycles. The van der Waals surface area contributed by atoms with Gasteiger partial charge in [-0.05, 0) is 20.8 Å². The molecule has 0 aromatic rings. The lowest BCUT2D eigenvalue weighted by Crippen LogP contribution is -2.46. The van der Waals surface area contributed by atoms with Gasteiger partial charge in [0.15, 0.2) is 6.61 Å². The Labute approximate surface area is 106 Å². The van der Waals surface area contributed by atoms with Gasteiger partial charge in [-0.1, -0.05) is 13.2 Å². The van der Waals surface area contributed by atoms with E-state index in [0.29, 0.717) is 0 Å². The molecule has 0 aliphatic heterocycles. The number of aliphatic hydroxyl groups excluding tert-OH is 1.